The van der Waals surface area contributed by atoms with Gasteiger partial charge in [-0.2, -0.15) is 0 Å². The summed E-state index contributed by atoms with van der Waals surface area (Å²) in [6, 6.07) is 2.35. The van der Waals surface area contributed by atoms with Crippen LogP contribution in [-0.2, 0) is 27.0 Å². The topological polar surface area (TPSA) is 63.2 Å². The molecule has 0 unspecified atom stereocenters. The van der Waals surface area contributed by atoms with Gasteiger partial charge in [-0.05, 0) is 44.7 Å². The summed E-state index contributed by atoms with van der Waals surface area (Å²) < 4.78 is 38.8. The molecular formula is C15H35O6PSi2. The fraction of sp³-hybridized carbons (Fsp3) is 1.00. The van der Waals surface area contributed by atoms with Crippen LogP contribution in [-0.4, -0.2) is 49.7 Å². The van der Waals surface area contributed by atoms with Crippen LogP contribution in [0.4, 0.5) is 0 Å². The normalized spacial score (nSPS) is 18.2. The Morgan fingerprint density at radius 3 is 2.08 bits per heavy atom. The van der Waals surface area contributed by atoms with E-state index in [0.717, 1.165) is 12.5 Å². The van der Waals surface area contributed by atoms with Crippen LogP contribution in [0.1, 0.15) is 26.2 Å². The van der Waals surface area contributed by atoms with E-state index < -0.39 is 24.5 Å². The van der Waals surface area contributed by atoms with Crippen molar-refractivity contribution in [2.45, 2.75) is 64.5 Å². The van der Waals surface area contributed by atoms with Crippen molar-refractivity contribution in [1.82, 2.24) is 0 Å². The third kappa shape index (κ3) is 9.82. The molecule has 1 rings (SSSR count). The van der Waals surface area contributed by atoms with Crippen LogP contribution in [0.25, 0.3) is 0 Å². The summed E-state index contributed by atoms with van der Waals surface area (Å²) in [5, 5.41) is 0. The predicted octanol–water partition coefficient (Wildman–Crippen LogP) is 4.79. The van der Waals surface area contributed by atoms with Gasteiger partial charge in [0.05, 0.1) is 26.4 Å². The third-order valence-corrected chi connectivity index (χ3v) is 12.8. The van der Waals surface area contributed by atoms with E-state index in [1.54, 1.807) is 0 Å². The quantitative estimate of drug-likeness (QED) is 0.252. The molecule has 0 aliphatic carbocycles. The lowest BCUT2D eigenvalue weighted by Crippen LogP contribution is -2.44. The van der Waals surface area contributed by atoms with Crippen molar-refractivity contribution in [1.29, 1.82) is 0 Å². The monoisotopic (exact) mass is 398 g/mol. The highest BCUT2D eigenvalue weighted by atomic mass is 31.2. The van der Waals surface area contributed by atoms with Crippen LogP contribution in [0.5, 0.6) is 0 Å². The molecule has 0 atom stereocenters. The first-order chi connectivity index (χ1) is 11.2. The van der Waals surface area contributed by atoms with Crippen molar-refractivity contribution in [2.24, 2.45) is 0 Å². The maximum absolute atomic E-state index is 11.7. The highest BCUT2D eigenvalue weighted by molar-refractivity contribution is 7.48. The molecule has 0 bridgehead atoms. The Morgan fingerprint density at radius 2 is 1.50 bits per heavy atom. The molecule has 144 valence electrons. The molecule has 1 saturated heterocycles. The Hall–Kier alpha value is 0.464. The van der Waals surface area contributed by atoms with Crippen molar-refractivity contribution < 1.29 is 27.0 Å². The van der Waals surface area contributed by atoms with E-state index in [0.29, 0.717) is 26.4 Å². The number of phosphoric acid groups is 1. The number of hydrogen-bond donors (Lipinski definition) is 0. The standard InChI is InChI=1S/C15H35O6PSi2/c1-6-7-14-23(2,3)21-24(4,5)15-8-9-17-10-11-18-22(16)19-12-13-20-22/h6-15H2,1-5H3. The van der Waals surface area contributed by atoms with Gasteiger partial charge in [-0.15, -0.1) is 0 Å². The summed E-state index contributed by atoms with van der Waals surface area (Å²) in [6.45, 7) is 13.5. The van der Waals surface area contributed by atoms with Crippen LogP contribution in [0.15, 0.2) is 0 Å². The van der Waals surface area contributed by atoms with Gasteiger partial charge in [-0.3, -0.25) is 13.6 Å². The summed E-state index contributed by atoms with van der Waals surface area (Å²) in [5.41, 5.74) is 0. The Balaban J connectivity index is 2.09. The van der Waals surface area contributed by atoms with E-state index in [1.165, 1.54) is 18.9 Å². The molecule has 0 amide bonds. The second-order valence-corrected chi connectivity index (χ2v) is 17.9. The molecule has 0 aromatic carbocycles. The molecule has 1 heterocycles. The maximum atomic E-state index is 11.7. The van der Waals surface area contributed by atoms with Gasteiger partial charge in [0.2, 0.25) is 0 Å². The first-order valence-electron chi connectivity index (χ1n) is 9.00. The number of phosphoric ester groups is 1. The number of ether oxygens (including phenoxy) is 1. The Bertz CT molecular complexity index is 395. The van der Waals surface area contributed by atoms with Crippen molar-refractivity contribution in [3.05, 3.63) is 0 Å². The van der Waals surface area contributed by atoms with Crippen LogP contribution < -0.4 is 0 Å². The zero-order valence-corrected chi connectivity index (χ0v) is 18.9. The van der Waals surface area contributed by atoms with Crippen LogP contribution in [0.2, 0.25) is 38.3 Å². The van der Waals surface area contributed by atoms with Gasteiger partial charge < -0.3 is 8.85 Å². The summed E-state index contributed by atoms with van der Waals surface area (Å²) in [6.07, 6.45) is 3.49. The van der Waals surface area contributed by atoms with Gasteiger partial charge in [-0.1, -0.05) is 19.8 Å². The number of unbranched alkanes of at least 4 members (excludes halogenated alkanes) is 1. The van der Waals surface area contributed by atoms with Crippen molar-refractivity contribution in [3.63, 3.8) is 0 Å². The zero-order chi connectivity index (χ0) is 18.1. The smallest absolute Gasteiger partial charge is 0.455 e. The average Bonchev–Trinajstić information content (AvgIpc) is 2.90. The molecule has 1 fully saturated rings. The second kappa shape index (κ2) is 10.6. The van der Waals surface area contributed by atoms with Gasteiger partial charge in [0.1, 0.15) is 0 Å². The Kier molecular flexibility index (Phi) is 9.91. The SMILES string of the molecule is CCCC[Si](C)(C)O[Si](C)(C)CCCOCCOP1(=O)OCCO1. The van der Waals surface area contributed by atoms with E-state index in [-0.39, 0.29) is 6.61 Å². The van der Waals surface area contributed by atoms with E-state index in [4.69, 9.17) is 22.4 Å². The maximum Gasteiger partial charge on any atom is 0.475 e. The molecule has 6 nitrogen and oxygen atoms in total. The molecule has 1 aliphatic rings. The van der Waals surface area contributed by atoms with Crippen molar-refractivity contribution in [2.75, 3.05) is 33.0 Å². The first-order valence-corrected chi connectivity index (χ1v) is 16.7. The molecule has 0 aromatic heterocycles. The summed E-state index contributed by atoms with van der Waals surface area (Å²) in [5.74, 6) is 0. The summed E-state index contributed by atoms with van der Waals surface area (Å²) >= 11 is 0. The largest absolute Gasteiger partial charge is 0.475 e. The summed E-state index contributed by atoms with van der Waals surface area (Å²) in [7, 11) is -6.42. The minimum atomic E-state index is -3.27. The minimum Gasteiger partial charge on any atom is -0.455 e. The number of hydrogen-bond acceptors (Lipinski definition) is 6. The number of rotatable bonds is 13. The van der Waals surface area contributed by atoms with E-state index in [1.807, 2.05) is 0 Å². The van der Waals surface area contributed by atoms with Crippen molar-refractivity contribution >= 4 is 24.5 Å². The molecule has 0 aromatic rings. The third-order valence-electron chi connectivity index (χ3n) is 3.81. The molecule has 0 spiro atoms. The fourth-order valence-electron chi connectivity index (χ4n) is 2.77. The Morgan fingerprint density at radius 1 is 0.917 bits per heavy atom. The lowest BCUT2D eigenvalue weighted by atomic mass is 10.4. The molecular weight excluding hydrogens is 363 g/mol. The van der Waals surface area contributed by atoms with Gasteiger partial charge in [0.15, 0.2) is 16.6 Å². The molecule has 0 N–H and O–H groups in total. The molecule has 9 heteroatoms. The second-order valence-electron chi connectivity index (χ2n) is 7.39. The molecule has 1 aliphatic heterocycles. The van der Waals surface area contributed by atoms with Gasteiger partial charge in [-0.25, -0.2) is 4.57 Å². The predicted molar refractivity (Wildman–Crippen MR) is 101 cm³/mol. The van der Waals surface area contributed by atoms with Crippen LogP contribution in [0.3, 0.4) is 0 Å². The Labute approximate surface area is 149 Å². The highest BCUT2D eigenvalue weighted by Gasteiger charge is 2.32. The molecule has 24 heavy (non-hydrogen) atoms. The lowest BCUT2D eigenvalue weighted by molar-refractivity contribution is 0.0849. The highest BCUT2D eigenvalue weighted by Crippen LogP contribution is 2.52. The van der Waals surface area contributed by atoms with Gasteiger partial charge >= 0.3 is 7.82 Å². The molecule has 0 radical (unpaired) electrons. The minimum absolute atomic E-state index is 0.228. The first kappa shape index (κ1) is 22.5. The van der Waals surface area contributed by atoms with E-state index >= 15 is 0 Å². The van der Waals surface area contributed by atoms with E-state index in [2.05, 4.69) is 33.1 Å². The van der Waals surface area contributed by atoms with Crippen molar-refractivity contribution in [3.8, 4) is 0 Å². The lowest BCUT2D eigenvalue weighted by Gasteiger charge is -2.34. The van der Waals surface area contributed by atoms with Crippen LogP contribution >= 0.6 is 7.82 Å². The van der Waals surface area contributed by atoms with Crippen LogP contribution in [0, 0.1) is 0 Å². The van der Waals surface area contributed by atoms with E-state index in [9.17, 15) is 4.57 Å². The molecule has 0 saturated carbocycles. The average molecular weight is 399 g/mol. The summed E-state index contributed by atoms with van der Waals surface area (Å²) in [4.78, 5) is 0. The zero-order valence-electron chi connectivity index (χ0n) is 16.0. The van der Waals surface area contributed by atoms with Gasteiger partial charge in [0.25, 0.3) is 0 Å². The fourth-order valence-corrected chi connectivity index (χ4v) is 12.9. The van der Waals surface area contributed by atoms with Gasteiger partial charge in [0, 0.05) is 6.61 Å².